The number of anilines is 1. The molecule has 29 heavy (non-hydrogen) atoms. The Hall–Kier alpha value is -1.72. The molecule has 3 aliphatic rings. The molecule has 2 aromatic rings. The highest BCUT2D eigenvalue weighted by Crippen LogP contribution is 2.49. The third-order valence-electron chi connectivity index (χ3n) is 6.94. The summed E-state index contributed by atoms with van der Waals surface area (Å²) in [6.45, 7) is 3.85. The van der Waals surface area contributed by atoms with Crippen molar-refractivity contribution in [3.63, 3.8) is 0 Å². The number of rotatable bonds is 5. The van der Waals surface area contributed by atoms with Crippen LogP contribution in [-0.2, 0) is 0 Å². The first-order valence-electron chi connectivity index (χ1n) is 10.9. The summed E-state index contributed by atoms with van der Waals surface area (Å²) >= 11 is 6.16. The highest BCUT2D eigenvalue weighted by molar-refractivity contribution is 6.33. The van der Waals surface area contributed by atoms with Gasteiger partial charge in [0, 0.05) is 31.2 Å². The molecule has 0 radical (unpaired) electrons. The smallest absolute Gasteiger partial charge is 0.148 e. The molecule has 0 unspecified atom stereocenters. The van der Waals surface area contributed by atoms with Crippen LogP contribution >= 0.6 is 11.6 Å². The van der Waals surface area contributed by atoms with Crippen molar-refractivity contribution >= 4 is 17.4 Å². The molecule has 3 fully saturated rings. The van der Waals surface area contributed by atoms with Crippen molar-refractivity contribution in [2.24, 2.45) is 11.3 Å². The second kappa shape index (κ2) is 7.84. The second-order valence-electron chi connectivity index (χ2n) is 9.35. The minimum absolute atomic E-state index is 0.328. The first-order chi connectivity index (χ1) is 14.1. The maximum Gasteiger partial charge on any atom is 0.148 e. The largest absolute Gasteiger partial charge is 0.366 e. The predicted molar refractivity (Wildman–Crippen MR) is 115 cm³/mol. The average molecular weight is 415 g/mol. The SMILES string of the molecule is Fc1ccc(Cl)c(-c2ccc(NC3CC4(C3)CN(CC3CCCCC3)C4)nn2)c1. The van der Waals surface area contributed by atoms with E-state index in [4.69, 9.17) is 11.6 Å². The van der Waals surface area contributed by atoms with E-state index < -0.39 is 0 Å². The van der Waals surface area contributed by atoms with Crippen molar-refractivity contribution in [2.45, 2.75) is 51.0 Å². The van der Waals surface area contributed by atoms with E-state index in [9.17, 15) is 4.39 Å². The fraction of sp³-hybridized carbons (Fsp3) is 0.565. The lowest BCUT2D eigenvalue weighted by Gasteiger charge is -2.60. The molecule has 1 saturated heterocycles. The minimum Gasteiger partial charge on any atom is -0.366 e. The molecule has 0 bridgehead atoms. The Bertz CT molecular complexity index is 852. The molecule has 6 heteroatoms. The Morgan fingerprint density at radius 3 is 2.59 bits per heavy atom. The zero-order valence-electron chi connectivity index (χ0n) is 16.7. The molecule has 2 heterocycles. The van der Waals surface area contributed by atoms with Gasteiger partial charge in [-0.15, -0.1) is 10.2 Å². The summed E-state index contributed by atoms with van der Waals surface area (Å²) in [5, 5.41) is 12.5. The summed E-state index contributed by atoms with van der Waals surface area (Å²) in [6.07, 6.45) is 9.60. The number of halogens is 2. The Labute approximate surface area is 176 Å². The van der Waals surface area contributed by atoms with Gasteiger partial charge in [0.2, 0.25) is 0 Å². The van der Waals surface area contributed by atoms with Crippen LogP contribution in [0.2, 0.25) is 5.02 Å². The van der Waals surface area contributed by atoms with Gasteiger partial charge in [-0.05, 0) is 67.3 Å². The van der Waals surface area contributed by atoms with Crippen LogP contribution < -0.4 is 5.32 Å². The van der Waals surface area contributed by atoms with E-state index in [1.165, 1.54) is 76.7 Å². The van der Waals surface area contributed by atoms with Crippen LogP contribution in [-0.4, -0.2) is 40.8 Å². The molecule has 5 rings (SSSR count). The van der Waals surface area contributed by atoms with Crippen LogP contribution in [0.5, 0.6) is 0 Å². The fourth-order valence-corrected chi connectivity index (χ4v) is 5.78. The van der Waals surface area contributed by atoms with Crippen LogP contribution in [0, 0.1) is 17.2 Å². The highest BCUT2D eigenvalue weighted by Gasteiger charge is 2.52. The van der Waals surface area contributed by atoms with Gasteiger partial charge >= 0.3 is 0 Å². The van der Waals surface area contributed by atoms with Gasteiger partial charge in [0.05, 0.1) is 10.7 Å². The summed E-state index contributed by atoms with van der Waals surface area (Å²) < 4.78 is 13.5. The fourth-order valence-electron chi connectivity index (χ4n) is 5.57. The van der Waals surface area contributed by atoms with E-state index in [1.807, 2.05) is 12.1 Å². The summed E-state index contributed by atoms with van der Waals surface area (Å²) in [4.78, 5) is 2.67. The number of hydrogen-bond acceptors (Lipinski definition) is 4. The molecule has 1 aromatic heterocycles. The quantitative estimate of drug-likeness (QED) is 0.711. The molecule has 0 atom stereocenters. The summed E-state index contributed by atoms with van der Waals surface area (Å²) in [6, 6.07) is 8.52. The lowest BCUT2D eigenvalue weighted by Crippen LogP contribution is -2.65. The maximum absolute atomic E-state index is 13.5. The standard InChI is InChI=1S/C23H28ClFN4/c24-20-7-6-17(25)10-19(20)21-8-9-22(28-27-21)26-18-11-23(12-18)14-29(15-23)13-16-4-2-1-3-5-16/h6-10,16,18H,1-5,11-15H2,(H,26,28). The van der Waals surface area contributed by atoms with Crippen LogP contribution in [0.3, 0.4) is 0 Å². The number of likely N-dealkylation sites (tertiary alicyclic amines) is 1. The first kappa shape index (κ1) is 19.3. The number of aromatic nitrogens is 2. The average Bonchev–Trinajstić information content (AvgIpc) is 2.68. The predicted octanol–water partition coefficient (Wildman–Crippen LogP) is 5.39. The van der Waals surface area contributed by atoms with E-state index in [2.05, 4.69) is 20.4 Å². The van der Waals surface area contributed by atoms with E-state index in [0.29, 0.717) is 27.7 Å². The number of nitrogens with one attached hydrogen (secondary N) is 1. The summed E-state index contributed by atoms with van der Waals surface area (Å²) in [5.74, 6) is 1.39. The number of hydrogen-bond donors (Lipinski definition) is 1. The summed E-state index contributed by atoms with van der Waals surface area (Å²) in [5.41, 5.74) is 1.69. The van der Waals surface area contributed by atoms with Gasteiger partial charge < -0.3 is 10.2 Å². The molecule has 2 aliphatic carbocycles. The Balaban J connectivity index is 1.10. The van der Waals surface area contributed by atoms with Crippen molar-refractivity contribution in [3.8, 4) is 11.3 Å². The molecule has 2 saturated carbocycles. The van der Waals surface area contributed by atoms with E-state index >= 15 is 0 Å². The molecule has 1 spiro atoms. The Morgan fingerprint density at radius 1 is 1.07 bits per heavy atom. The van der Waals surface area contributed by atoms with Gasteiger partial charge in [-0.25, -0.2) is 4.39 Å². The maximum atomic E-state index is 13.5. The highest BCUT2D eigenvalue weighted by atomic mass is 35.5. The van der Waals surface area contributed by atoms with Gasteiger partial charge in [0.15, 0.2) is 0 Å². The Morgan fingerprint density at radius 2 is 1.86 bits per heavy atom. The van der Waals surface area contributed by atoms with E-state index in [1.54, 1.807) is 6.07 Å². The van der Waals surface area contributed by atoms with Crippen molar-refractivity contribution in [1.82, 2.24) is 15.1 Å². The number of nitrogens with zero attached hydrogens (tertiary/aromatic N) is 3. The lowest BCUT2D eigenvalue weighted by atomic mass is 9.60. The normalized spacial score (nSPS) is 22.3. The van der Waals surface area contributed by atoms with Crippen molar-refractivity contribution in [3.05, 3.63) is 41.2 Å². The van der Waals surface area contributed by atoms with E-state index in [0.717, 1.165) is 11.7 Å². The van der Waals surface area contributed by atoms with Gasteiger partial charge in [-0.2, -0.15) is 0 Å². The van der Waals surface area contributed by atoms with Gasteiger partial charge in [-0.1, -0.05) is 30.9 Å². The van der Waals surface area contributed by atoms with Crippen LogP contribution in [0.4, 0.5) is 10.2 Å². The molecular weight excluding hydrogens is 387 g/mol. The first-order valence-corrected chi connectivity index (χ1v) is 11.2. The molecule has 4 nitrogen and oxygen atoms in total. The topological polar surface area (TPSA) is 41.0 Å². The second-order valence-corrected chi connectivity index (χ2v) is 9.76. The van der Waals surface area contributed by atoms with Gasteiger partial charge in [-0.3, -0.25) is 0 Å². The third kappa shape index (κ3) is 4.13. The molecule has 154 valence electrons. The molecular formula is C23H28ClFN4. The van der Waals surface area contributed by atoms with Gasteiger partial charge in [0.25, 0.3) is 0 Å². The lowest BCUT2D eigenvalue weighted by molar-refractivity contribution is -0.0747. The minimum atomic E-state index is -0.328. The Kier molecular flexibility index (Phi) is 5.21. The molecule has 1 N–H and O–H groups in total. The van der Waals surface area contributed by atoms with E-state index in [-0.39, 0.29) is 5.82 Å². The molecule has 1 aromatic carbocycles. The zero-order chi connectivity index (χ0) is 19.8. The van der Waals surface area contributed by atoms with Crippen molar-refractivity contribution in [2.75, 3.05) is 25.0 Å². The van der Waals surface area contributed by atoms with Crippen molar-refractivity contribution in [1.29, 1.82) is 0 Å². The molecule has 0 amide bonds. The van der Waals surface area contributed by atoms with Gasteiger partial charge in [0.1, 0.15) is 11.6 Å². The van der Waals surface area contributed by atoms with Crippen molar-refractivity contribution < 1.29 is 4.39 Å². The van der Waals surface area contributed by atoms with Crippen LogP contribution in [0.1, 0.15) is 44.9 Å². The number of benzene rings is 1. The van der Waals surface area contributed by atoms with Crippen LogP contribution in [0.25, 0.3) is 11.3 Å². The third-order valence-corrected chi connectivity index (χ3v) is 7.27. The monoisotopic (exact) mass is 414 g/mol. The summed E-state index contributed by atoms with van der Waals surface area (Å²) in [7, 11) is 0. The zero-order valence-corrected chi connectivity index (χ0v) is 17.5. The van der Waals surface area contributed by atoms with Crippen LogP contribution in [0.15, 0.2) is 30.3 Å². The molecule has 1 aliphatic heterocycles.